The predicted octanol–water partition coefficient (Wildman–Crippen LogP) is 6.65. The lowest BCUT2D eigenvalue weighted by atomic mass is 10.0. The Kier molecular flexibility index (Phi) is 9.11. The molecule has 176 valence electrons. The number of rotatable bonds is 12. The van der Waals surface area contributed by atoms with Crippen LogP contribution in [-0.4, -0.2) is 23.1 Å². The van der Waals surface area contributed by atoms with Crippen LogP contribution in [0.15, 0.2) is 48.5 Å². The lowest BCUT2D eigenvalue weighted by Crippen LogP contribution is -2.22. The summed E-state index contributed by atoms with van der Waals surface area (Å²) in [5, 5.41) is 3.72. The van der Waals surface area contributed by atoms with E-state index >= 15 is 0 Å². The van der Waals surface area contributed by atoms with Crippen LogP contribution in [0.25, 0.3) is 0 Å². The molecule has 0 saturated carbocycles. The van der Waals surface area contributed by atoms with E-state index < -0.39 is 0 Å². The van der Waals surface area contributed by atoms with Gasteiger partial charge in [0.1, 0.15) is 29.7 Å². The number of hydrogen-bond acceptors (Lipinski definition) is 5. The highest BCUT2D eigenvalue weighted by atomic mass is 16.5. The number of benzene rings is 2. The smallest absolute Gasteiger partial charge is 0.133 e. The topological polar surface area (TPSA) is 56.3 Å². The normalized spacial score (nSPS) is 11.0. The van der Waals surface area contributed by atoms with Crippen molar-refractivity contribution in [1.29, 1.82) is 0 Å². The first kappa shape index (κ1) is 24.6. The third kappa shape index (κ3) is 6.95. The Labute approximate surface area is 198 Å². The van der Waals surface area contributed by atoms with Gasteiger partial charge in [0.15, 0.2) is 0 Å². The zero-order chi connectivity index (χ0) is 23.6. The zero-order valence-electron chi connectivity index (χ0n) is 20.6. The number of anilines is 1. The fourth-order valence-corrected chi connectivity index (χ4v) is 4.14. The lowest BCUT2D eigenvalue weighted by molar-refractivity contribution is 0.303. The lowest BCUT2D eigenvalue weighted by Gasteiger charge is -2.22. The molecular weight excluding hydrogens is 410 g/mol. The van der Waals surface area contributed by atoms with Gasteiger partial charge in [0.05, 0.1) is 7.11 Å². The molecule has 0 aliphatic rings. The minimum absolute atomic E-state index is 0.420. The molecule has 0 amide bonds. The molecule has 0 fully saturated rings. The highest BCUT2D eigenvalue weighted by molar-refractivity contribution is 5.52. The van der Waals surface area contributed by atoms with Gasteiger partial charge in [-0.05, 0) is 43.9 Å². The summed E-state index contributed by atoms with van der Waals surface area (Å²) in [5.74, 6) is 3.34. The molecule has 5 nitrogen and oxygen atoms in total. The number of hydrogen-bond donors (Lipinski definition) is 1. The van der Waals surface area contributed by atoms with E-state index in [1.54, 1.807) is 7.11 Å². The summed E-state index contributed by atoms with van der Waals surface area (Å²) >= 11 is 0. The zero-order valence-corrected chi connectivity index (χ0v) is 20.6. The van der Waals surface area contributed by atoms with Gasteiger partial charge < -0.3 is 14.8 Å². The average molecular weight is 448 g/mol. The maximum absolute atomic E-state index is 5.99. The third-order valence-corrected chi connectivity index (χ3v) is 5.81. The highest BCUT2D eigenvalue weighted by Crippen LogP contribution is 2.30. The molecule has 1 heterocycles. The summed E-state index contributed by atoms with van der Waals surface area (Å²) in [6.07, 6.45) is 5.25. The first-order valence-corrected chi connectivity index (χ1v) is 12.0. The average Bonchev–Trinajstić information content (AvgIpc) is 2.81. The Morgan fingerprint density at radius 3 is 2.33 bits per heavy atom. The van der Waals surface area contributed by atoms with Crippen molar-refractivity contribution in [3.8, 4) is 11.5 Å². The Morgan fingerprint density at radius 1 is 0.939 bits per heavy atom. The predicted molar refractivity (Wildman–Crippen MR) is 135 cm³/mol. The second kappa shape index (κ2) is 12.2. The maximum Gasteiger partial charge on any atom is 0.133 e. The van der Waals surface area contributed by atoms with Crippen LogP contribution in [0, 0.1) is 13.8 Å². The molecule has 2 aromatic carbocycles. The molecule has 0 aliphatic heterocycles. The van der Waals surface area contributed by atoms with Gasteiger partial charge in [-0.2, -0.15) is 0 Å². The Bertz CT molecular complexity index is 1020. The first-order valence-electron chi connectivity index (χ1n) is 12.0. The summed E-state index contributed by atoms with van der Waals surface area (Å²) < 4.78 is 11.7. The van der Waals surface area contributed by atoms with Gasteiger partial charge in [0.25, 0.3) is 0 Å². The second-order valence-electron chi connectivity index (χ2n) is 8.53. The minimum atomic E-state index is 0.420. The van der Waals surface area contributed by atoms with E-state index in [0.29, 0.717) is 19.1 Å². The van der Waals surface area contributed by atoms with Gasteiger partial charge in [-0.1, -0.05) is 63.1 Å². The van der Waals surface area contributed by atoms with Crippen molar-refractivity contribution in [2.75, 3.05) is 12.4 Å². The van der Waals surface area contributed by atoms with Crippen molar-refractivity contribution in [3.05, 3.63) is 76.7 Å². The van der Waals surface area contributed by atoms with Gasteiger partial charge in [0, 0.05) is 29.8 Å². The maximum atomic E-state index is 5.99. The Balaban J connectivity index is 1.82. The largest absolute Gasteiger partial charge is 0.496 e. The quantitative estimate of drug-likeness (QED) is 0.337. The molecule has 1 N–H and O–H groups in total. The standard InChI is InChI=1S/C28H37N3O2/c1-6-11-24(12-7-2)31-28-26(20(3)29-21(4)30-28)17-23-15-16-25(18-27(23)32-5)33-19-22-13-9-8-10-14-22/h8-10,13-16,18,24H,6-7,11-12,17,19H2,1-5H3,(H,29,30,31). The molecule has 0 atom stereocenters. The third-order valence-electron chi connectivity index (χ3n) is 5.81. The second-order valence-corrected chi connectivity index (χ2v) is 8.53. The van der Waals surface area contributed by atoms with Gasteiger partial charge >= 0.3 is 0 Å². The number of aromatic nitrogens is 2. The number of methoxy groups -OCH3 is 1. The van der Waals surface area contributed by atoms with Crippen LogP contribution in [0.4, 0.5) is 5.82 Å². The minimum Gasteiger partial charge on any atom is -0.496 e. The van der Waals surface area contributed by atoms with Crippen molar-refractivity contribution >= 4 is 5.82 Å². The van der Waals surface area contributed by atoms with E-state index in [2.05, 4.69) is 49.3 Å². The molecule has 3 aromatic rings. The number of aryl methyl sites for hydroxylation is 2. The molecule has 33 heavy (non-hydrogen) atoms. The summed E-state index contributed by atoms with van der Waals surface area (Å²) in [5.41, 5.74) is 4.35. The molecule has 5 heteroatoms. The van der Waals surface area contributed by atoms with Crippen LogP contribution in [-0.2, 0) is 13.0 Å². The summed E-state index contributed by atoms with van der Waals surface area (Å²) in [6.45, 7) is 9.00. The summed E-state index contributed by atoms with van der Waals surface area (Å²) in [4.78, 5) is 9.43. The number of ether oxygens (including phenoxy) is 2. The van der Waals surface area contributed by atoms with Gasteiger partial charge in [-0.15, -0.1) is 0 Å². The van der Waals surface area contributed by atoms with E-state index in [0.717, 1.165) is 71.2 Å². The Morgan fingerprint density at radius 2 is 1.67 bits per heavy atom. The monoisotopic (exact) mass is 447 g/mol. The fraction of sp³-hybridized carbons (Fsp3) is 0.429. The molecule has 0 bridgehead atoms. The van der Waals surface area contributed by atoms with Crippen molar-refractivity contribution in [3.63, 3.8) is 0 Å². The fourth-order valence-electron chi connectivity index (χ4n) is 4.14. The van der Waals surface area contributed by atoms with Crippen molar-refractivity contribution in [2.24, 2.45) is 0 Å². The molecule has 1 aromatic heterocycles. The molecule has 0 aliphatic carbocycles. The van der Waals surface area contributed by atoms with Crippen LogP contribution in [0.2, 0.25) is 0 Å². The molecule has 0 unspecified atom stereocenters. The first-order chi connectivity index (χ1) is 16.0. The van der Waals surface area contributed by atoms with E-state index in [9.17, 15) is 0 Å². The van der Waals surface area contributed by atoms with Crippen LogP contribution in [0.1, 0.15) is 67.7 Å². The number of nitrogens with zero attached hydrogens (tertiary/aromatic N) is 2. The van der Waals surface area contributed by atoms with Crippen molar-refractivity contribution in [1.82, 2.24) is 9.97 Å². The Hall–Kier alpha value is -3.08. The van der Waals surface area contributed by atoms with Gasteiger partial charge in [0.2, 0.25) is 0 Å². The van der Waals surface area contributed by atoms with Crippen LogP contribution >= 0.6 is 0 Å². The van der Waals surface area contributed by atoms with Gasteiger partial charge in [-0.25, -0.2) is 9.97 Å². The molecule has 0 spiro atoms. The van der Waals surface area contributed by atoms with Crippen LogP contribution in [0.3, 0.4) is 0 Å². The molecule has 0 radical (unpaired) electrons. The van der Waals surface area contributed by atoms with Crippen LogP contribution < -0.4 is 14.8 Å². The number of nitrogens with one attached hydrogen (secondary N) is 1. The van der Waals surface area contributed by atoms with E-state index in [1.807, 2.05) is 37.3 Å². The van der Waals surface area contributed by atoms with Crippen molar-refractivity contribution in [2.45, 2.75) is 72.4 Å². The van der Waals surface area contributed by atoms with E-state index in [1.165, 1.54) is 0 Å². The summed E-state index contributed by atoms with van der Waals surface area (Å²) in [7, 11) is 1.70. The SMILES string of the molecule is CCCC(CCC)Nc1nc(C)nc(C)c1Cc1ccc(OCc2ccccc2)cc1OC. The van der Waals surface area contributed by atoms with E-state index in [-0.39, 0.29) is 0 Å². The molecular formula is C28H37N3O2. The molecule has 3 rings (SSSR count). The molecule has 0 saturated heterocycles. The van der Waals surface area contributed by atoms with Gasteiger partial charge in [-0.3, -0.25) is 0 Å². The highest BCUT2D eigenvalue weighted by Gasteiger charge is 2.17. The van der Waals surface area contributed by atoms with E-state index in [4.69, 9.17) is 14.5 Å². The van der Waals surface area contributed by atoms with Crippen LogP contribution in [0.5, 0.6) is 11.5 Å². The van der Waals surface area contributed by atoms with Crippen molar-refractivity contribution < 1.29 is 9.47 Å². The summed E-state index contributed by atoms with van der Waals surface area (Å²) in [6, 6.07) is 16.6.